The van der Waals surface area contributed by atoms with E-state index in [4.69, 9.17) is 0 Å². The lowest BCUT2D eigenvalue weighted by Gasteiger charge is -2.46. The zero-order valence-electron chi connectivity index (χ0n) is 15.3. The van der Waals surface area contributed by atoms with Crippen LogP contribution in [0, 0.1) is 11.8 Å². The Hall–Kier alpha value is -1.58. The smallest absolute Gasteiger partial charge is 0.353 e. The molecule has 3 fully saturated rings. The summed E-state index contributed by atoms with van der Waals surface area (Å²) in [5.74, 6) is -1.89. The van der Waals surface area contributed by atoms with Gasteiger partial charge in [0.05, 0.1) is 18.1 Å². The number of hydrogen-bond acceptors (Lipinski definition) is 6. The van der Waals surface area contributed by atoms with E-state index in [1.807, 2.05) is 6.92 Å². The third-order valence-corrected chi connectivity index (χ3v) is 7.66. The first kappa shape index (κ1) is 18.8. The van der Waals surface area contributed by atoms with Crippen LogP contribution in [0.4, 0.5) is 0 Å². The Labute approximate surface area is 161 Å². The Morgan fingerprint density at radius 1 is 1.37 bits per heavy atom. The van der Waals surface area contributed by atoms with E-state index in [-0.39, 0.29) is 40.8 Å². The first-order chi connectivity index (χ1) is 12.8. The number of amides is 2. The molecule has 0 radical (unpaired) electrons. The number of carbonyl (C=O) groups excluding carboxylic acids is 2. The van der Waals surface area contributed by atoms with E-state index in [1.54, 1.807) is 18.7 Å². The van der Waals surface area contributed by atoms with E-state index in [9.17, 15) is 24.6 Å². The lowest BCUT2D eigenvalue weighted by molar-refractivity contribution is -0.163. The number of carbonyl (C=O) groups is 3. The van der Waals surface area contributed by atoms with Crippen molar-refractivity contribution in [3.8, 4) is 0 Å². The molecule has 8 nitrogen and oxygen atoms in total. The number of rotatable bonds is 6. The summed E-state index contributed by atoms with van der Waals surface area (Å²) in [7, 11) is 0. The molecule has 4 heterocycles. The maximum Gasteiger partial charge on any atom is 0.353 e. The summed E-state index contributed by atoms with van der Waals surface area (Å²) in [6, 6.07) is 0.285. The van der Waals surface area contributed by atoms with Crippen LogP contribution in [0.3, 0.4) is 0 Å². The van der Waals surface area contributed by atoms with E-state index in [0.717, 1.165) is 24.3 Å². The highest BCUT2D eigenvalue weighted by atomic mass is 32.2. The molecule has 1 unspecified atom stereocenters. The van der Waals surface area contributed by atoms with E-state index < -0.39 is 18.0 Å². The van der Waals surface area contributed by atoms with Gasteiger partial charge in [0.15, 0.2) is 0 Å². The second-order valence-electron chi connectivity index (χ2n) is 8.06. The number of nitrogens with zero attached hydrogens (tertiary/aromatic N) is 1. The maximum absolute atomic E-state index is 12.4. The minimum Gasteiger partial charge on any atom is -0.477 e. The normalized spacial score (nSPS) is 39.0. The minimum atomic E-state index is -1.08. The van der Waals surface area contributed by atoms with Crippen LogP contribution in [-0.2, 0) is 14.4 Å². The molecule has 0 aromatic carbocycles. The van der Waals surface area contributed by atoms with Crippen LogP contribution in [0.2, 0.25) is 0 Å². The van der Waals surface area contributed by atoms with Crippen LogP contribution < -0.4 is 10.6 Å². The predicted octanol–water partition coefficient (Wildman–Crippen LogP) is -0.118. The lowest BCUT2D eigenvalue weighted by Crippen LogP contribution is -2.63. The summed E-state index contributed by atoms with van der Waals surface area (Å²) in [6.45, 7) is 4.31. The van der Waals surface area contributed by atoms with Gasteiger partial charge >= 0.3 is 5.97 Å². The van der Waals surface area contributed by atoms with E-state index in [1.165, 1.54) is 4.90 Å². The molecule has 3 saturated heterocycles. The molecular formula is C18H25N3O5S. The quantitative estimate of drug-likeness (QED) is 0.463. The fraction of sp³-hybridized carbons (Fsp3) is 0.722. The van der Waals surface area contributed by atoms with Crippen molar-refractivity contribution < 1.29 is 24.6 Å². The molecule has 9 heteroatoms. The average Bonchev–Trinajstić information content (AvgIpc) is 3.08. The molecule has 7 atom stereocenters. The van der Waals surface area contributed by atoms with E-state index in [2.05, 4.69) is 10.6 Å². The van der Waals surface area contributed by atoms with Crippen molar-refractivity contribution in [2.75, 3.05) is 6.54 Å². The molecule has 0 bridgehead atoms. The Morgan fingerprint density at radius 2 is 2.07 bits per heavy atom. The van der Waals surface area contributed by atoms with Crippen molar-refractivity contribution in [1.82, 2.24) is 15.5 Å². The Bertz CT molecular complexity index is 716. The van der Waals surface area contributed by atoms with Gasteiger partial charge in [-0.05, 0) is 19.8 Å². The zero-order valence-corrected chi connectivity index (χ0v) is 16.2. The van der Waals surface area contributed by atoms with E-state index >= 15 is 0 Å². The topological polar surface area (TPSA) is 119 Å². The molecular weight excluding hydrogens is 370 g/mol. The summed E-state index contributed by atoms with van der Waals surface area (Å²) in [6.07, 6.45) is 1.59. The SMILES string of the molecule is C[C@@H](O)[C@H]1C(=O)N2C(C(=O)O)=C(S[C@@H]3CN[C@H](CC4CC(=O)N4)C3)[C@H](C)[C@H]12. The second-order valence-corrected chi connectivity index (χ2v) is 9.40. The summed E-state index contributed by atoms with van der Waals surface area (Å²) in [5.41, 5.74) is 0.0918. The van der Waals surface area contributed by atoms with Gasteiger partial charge in [0.25, 0.3) is 0 Å². The highest BCUT2D eigenvalue weighted by Crippen LogP contribution is 2.51. The minimum absolute atomic E-state index is 0.0918. The summed E-state index contributed by atoms with van der Waals surface area (Å²) in [4.78, 5) is 37.4. The monoisotopic (exact) mass is 395 g/mol. The molecule has 0 aliphatic carbocycles. The van der Waals surface area contributed by atoms with Gasteiger partial charge in [0, 0.05) is 41.1 Å². The third-order valence-electron chi connectivity index (χ3n) is 6.15. The number of aliphatic hydroxyl groups is 1. The van der Waals surface area contributed by atoms with Crippen molar-refractivity contribution in [3.05, 3.63) is 10.6 Å². The Kier molecular flexibility index (Phi) is 4.72. The molecule has 2 amide bonds. The first-order valence-corrected chi connectivity index (χ1v) is 10.3. The second kappa shape index (κ2) is 6.79. The largest absolute Gasteiger partial charge is 0.477 e. The number of aliphatic carboxylic acids is 1. The molecule has 4 aliphatic rings. The number of hydrogen-bond donors (Lipinski definition) is 4. The predicted molar refractivity (Wildman–Crippen MR) is 98.6 cm³/mol. The number of fused-ring (bicyclic) bond motifs is 1. The van der Waals surface area contributed by atoms with Crippen LogP contribution in [-0.4, -0.2) is 68.9 Å². The molecule has 0 saturated carbocycles. The number of thioether (sulfide) groups is 1. The van der Waals surface area contributed by atoms with Gasteiger partial charge in [-0.25, -0.2) is 4.79 Å². The van der Waals surface area contributed by atoms with Crippen LogP contribution >= 0.6 is 11.8 Å². The number of nitrogens with one attached hydrogen (secondary N) is 2. The van der Waals surface area contributed by atoms with Crippen molar-refractivity contribution in [2.45, 2.75) is 62.6 Å². The number of β-lactam (4-membered cyclic amide) rings is 2. The molecule has 4 rings (SSSR count). The summed E-state index contributed by atoms with van der Waals surface area (Å²) < 4.78 is 0. The maximum atomic E-state index is 12.4. The molecule has 0 spiro atoms. The number of carboxylic acids is 1. The molecule has 27 heavy (non-hydrogen) atoms. The van der Waals surface area contributed by atoms with E-state index in [0.29, 0.717) is 12.5 Å². The van der Waals surface area contributed by atoms with Crippen molar-refractivity contribution in [2.24, 2.45) is 11.8 Å². The number of aliphatic hydroxyl groups excluding tert-OH is 1. The van der Waals surface area contributed by atoms with Crippen molar-refractivity contribution >= 4 is 29.5 Å². The first-order valence-electron chi connectivity index (χ1n) is 9.46. The highest BCUT2D eigenvalue weighted by molar-refractivity contribution is 8.03. The molecule has 0 aromatic rings. The van der Waals surface area contributed by atoms with Gasteiger partial charge in [-0.1, -0.05) is 6.92 Å². The third kappa shape index (κ3) is 3.05. The van der Waals surface area contributed by atoms with Crippen LogP contribution in [0.1, 0.15) is 33.1 Å². The van der Waals surface area contributed by atoms with Gasteiger partial charge in [-0.3, -0.25) is 9.59 Å². The molecule has 4 aliphatic heterocycles. The standard InChI is InChI=1S/C18H25N3O5S/c1-7-14-13(8(2)22)17(24)21(14)15(18(25)26)16(7)27-11-4-9(19-6-11)3-10-5-12(23)20-10/h7-11,13-14,19,22H,3-6H2,1-2H3,(H,20,23)(H,25,26)/t7-,8-,9-,10?,11+,13-,14-/m1/s1. The van der Waals surface area contributed by atoms with Gasteiger partial charge in [-0.15, -0.1) is 11.8 Å². The molecule has 0 aromatic heterocycles. The number of carboxylic acid groups (broad SMARTS) is 1. The van der Waals surface area contributed by atoms with Gasteiger partial charge < -0.3 is 25.7 Å². The van der Waals surface area contributed by atoms with Crippen LogP contribution in [0.5, 0.6) is 0 Å². The van der Waals surface area contributed by atoms with Gasteiger partial charge in [0.1, 0.15) is 5.70 Å². The lowest BCUT2D eigenvalue weighted by atomic mass is 9.79. The Balaban J connectivity index is 1.44. The Morgan fingerprint density at radius 3 is 2.67 bits per heavy atom. The summed E-state index contributed by atoms with van der Waals surface area (Å²) in [5, 5.41) is 26.2. The van der Waals surface area contributed by atoms with Crippen molar-refractivity contribution in [1.29, 1.82) is 0 Å². The molecule has 148 valence electrons. The average molecular weight is 395 g/mol. The summed E-state index contributed by atoms with van der Waals surface area (Å²) >= 11 is 1.55. The fourth-order valence-electron chi connectivity index (χ4n) is 4.83. The highest BCUT2D eigenvalue weighted by Gasteiger charge is 2.60. The van der Waals surface area contributed by atoms with Gasteiger partial charge in [0.2, 0.25) is 11.8 Å². The van der Waals surface area contributed by atoms with Crippen molar-refractivity contribution in [3.63, 3.8) is 0 Å². The van der Waals surface area contributed by atoms with Crippen LogP contribution in [0.15, 0.2) is 10.6 Å². The zero-order chi connectivity index (χ0) is 19.5. The fourth-order valence-corrected chi connectivity index (χ4v) is 6.34. The van der Waals surface area contributed by atoms with Gasteiger partial charge in [-0.2, -0.15) is 0 Å². The van der Waals surface area contributed by atoms with Crippen LogP contribution in [0.25, 0.3) is 0 Å². The molecule has 4 N–H and O–H groups in total.